The number of hydrogen-bond donors (Lipinski definition) is 1. The maximum atomic E-state index is 9.85. The molecule has 1 N–H and O–H groups in total. The molecule has 0 aliphatic heterocycles. The Morgan fingerprint density at radius 2 is 2.36 bits per heavy atom. The van der Waals surface area contributed by atoms with Crippen LogP contribution in [0.1, 0.15) is 22.4 Å². The van der Waals surface area contributed by atoms with Crippen molar-refractivity contribution in [3.8, 4) is 0 Å². The van der Waals surface area contributed by atoms with E-state index in [1.165, 1.54) is 0 Å². The highest BCUT2D eigenvalue weighted by molar-refractivity contribution is 7.09. The molecule has 2 aromatic rings. The van der Waals surface area contributed by atoms with Crippen LogP contribution < -0.4 is 0 Å². The third kappa shape index (κ3) is 2.20. The largest absolute Gasteiger partial charge is 0.388 e. The normalized spacial score (nSPS) is 13.0. The lowest BCUT2D eigenvalue weighted by molar-refractivity contribution is 0.179. The van der Waals surface area contributed by atoms with Crippen molar-refractivity contribution in [1.29, 1.82) is 0 Å². The summed E-state index contributed by atoms with van der Waals surface area (Å²) in [6.45, 7) is 1.97. The van der Waals surface area contributed by atoms with Crippen molar-refractivity contribution in [2.24, 2.45) is 0 Å². The van der Waals surface area contributed by atoms with E-state index in [0.717, 1.165) is 16.3 Å². The van der Waals surface area contributed by atoms with Gasteiger partial charge < -0.3 is 5.11 Å². The Kier molecular flexibility index (Phi) is 2.96. The van der Waals surface area contributed by atoms with Gasteiger partial charge in [-0.15, -0.1) is 11.3 Å². The van der Waals surface area contributed by atoms with Crippen molar-refractivity contribution in [3.05, 3.63) is 38.5 Å². The zero-order valence-corrected chi connectivity index (χ0v) is 9.44. The first-order valence-electron chi connectivity index (χ1n) is 4.37. The Hall–Kier alpha value is -0.710. The average molecular weight is 225 g/mol. The number of rotatable bonds is 3. The van der Waals surface area contributed by atoms with Gasteiger partial charge in [-0.3, -0.25) is 0 Å². The molecule has 74 valence electrons. The number of aryl methyl sites for hydroxylation is 1. The average Bonchev–Trinajstić information content (AvgIpc) is 2.75. The van der Waals surface area contributed by atoms with Gasteiger partial charge in [0.2, 0.25) is 0 Å². The van der Waals surface area contributed by atoms with Crippen LogP contribution in [0.25, 0.3) is 0 Å². The van der Waals surface area contributed by atoms with Crippen LogP contribution in [0.3, 0.4) is 0 Å². The number of nitrogens with zero attached hydrogens (tertiary/aromatic N) is 1. The minimum absolute atomic E-state index is 0.410. The molecule has 2 aromatic heterocycles. The standard InChI is InChI=1S/C10H11NOS2/c1-7-5-14-10(11-7)4-9(12)8-2-3-13-6-8/h2-3,5-6,9,12H,4H2,1H3. The van der Waals surface area contributed by atoms with Crippen LogP contribution in [0.5, 0.6) is 0 Å². The molecule has 0 aliphatic rings. The van der Waals surface area contributed by atoms with Gasteiger partial charge in [-0.25, -0.2) is 4.98 Å². The zero-order valence-electron chi connectivity index (χ0n) is 7.80. The Labute approximate surface area is 90.9 Å². The minimum atomic E-state index is -0.410. The van der Waals surface area contributed by atoms with Crippen molar-refractivity contribution < 1.29 is 5.11 Å². The maximum absolute atomic E-state index is 9.85. The maximum Gasteiger partial charge on any atom is 0.0957 e. The Balaban J connectivity index is 2.05. The van der Waals surface area contributed by atoms with Gasteiger partial charge in [0, 0.05) is 17.5 Å². The molecule has 0 saturated heterocycles. The van der Waals surface area contributed by atoms with Gasteiger partial charge in [-0.1, -0.05) is 0 Å². The number of aliphatic hydroxyl groups is 1. The van der Waals surface area contributed by atoms with E-state index < -0.39 is 6.10 Å². The summed E-state index contributed by atoms with van der Waals surface area (Å²) in [7, 11) is 0. The van der Waals surface area contributed by atoms with Crippen LogP contribution in [-0.2, 0) is 6.42 Å². The predicted octanol–water partition coefficient (Wildman–Crippen LogP) is 2.79. The van der Waals surface area contributed by atoms with Gasteiger partial charge in [-0.05, 0) is 29.3 Å². The highest BCUT2D eigenvalue weighted by Gasteiger charge is 2.10. The molecule has 2 rings (SSSR count). The van der Waals surface area contributed by atoms with Crippen molar-refractivity contribution in [2.75, 3.05) is 0 Å². The molecule has 1 atom stereocenters. The van der Waals surface area contributed by atoms with Gasteiger partial charge >= 0.3 is 0 Å². The van der Waals surface area contributed by atoms with E-state index in [0.29, 0.717) is 6.42 Å². The second-order valence-electron chi connectivity index (χ2n) is 3.16. The van der Waals surface area contributed by atoms with E-state index in [1.54, 1.807) is 22.7 Å². The second-order valence-corrected chi connectivity index (χ2v) is 4.88. The van der Waals surface area contributed by atoms with Gasteiger partial charge in [0.05, 0.1) is 11.1 Å². The monoisotopic (exact) mass is 225 g/mol. The Morgan fingerprint density at radius 1 is 1.50 bits per heavy atom. The molecule has 0 aromatic carbocycles. The number of thiazole rings is 1. The van der Waals surface area contributed by atoms with Crippen LogP contribution in [-0.4, -0.2) is 10.1 Å². The third-order valence-electron chi connectivity index (χ3n) is 1.96. The molecule has 0 amide bonds. The first-order valence-corrected chi connectivity index (χ1v) is 6.19. The molecule has 0 spiro atoms. The topological polar surface area (TPSA) is 33.1 Å². The lowest BCUT2D eigenvalue weighted by atomic mass is 10.1. The Morgan fingerprint density at radius 3 is 2.93 bits per heavy atom. The molecule has 0 radical (unpaired) electrons. The van der Waals surface area contributed by atoms with E-state index in [9.17, 15) is 5.11 Å². The molecule has 0 aliphatic carbocycles. The SMILES string of the molecule is Cc1csc(CC(O)c2ccsc2)n1. The van der Waals surface area contributed by atoms with E-state index in [1.807, 2.05) is 29.1 Å². The first-order chi connectivity index (χ1) is 6.75. The third-order valence-corrected chi connectivity index (χ3v) is 3.65. The summed E-state index contributed by atoms with van der Waals surface area (Å²) in [5.41, 5.74) is 2.02. The molecule has 1 unspecified atom stereocenters. The van der Waals surface area contributed by atoms with Gasteiger partial charge in [0.1, 0.15) is 0 Å². The summed E-state index contributed by atoms with van der Waals surface area (Å²) in [6.07, 6.45) is 0.210. The number of aliphatic hydroxyl groups excluding tert-OH is 1. The highest BCUT2D eigenvalue weighted by atomic mass is 32.1. The summed E-state index contributed by atoms with van der Waals surface area (Å²) in [5, 5.41) is 16.8. The molecule has 4 heteroatoms. The van der Waals surface area contributed by atoms with Crippen LogP contribution in [0.2, 0.25) is 0 Å². The fourth-order valence-corrected chi connectivity index (χ4v) is 2.76. The molecule has 0 saturated carbocycles. The van der Waals surface area contributed by atoms with E-state index in [-0.39, 0.29) is 0 Å². The molecule has 0 bridgehead atoms. The van der Waals surface area contributed by atoms with Crippen molar-refractivity contribution >= 4 is 22.7 Å². The number of aromatic nitrogens is 1. The smallest absolute Gasteiger partial charge is 0.0957 e. The fourth-order valence-electron chi connectivity index (χ4n) is 1.24. The summed E-state index contributed by atoms with van der Waals surface area (Å²) in [4.78, 5) is 4.32. The molecule has 14 heavy (non-hydrogen) atoms. The number of thiophene rings is 1. The predicted molar refractivity (Wildman–Crippen MR) is 59.8 cm³/mol. The fraction of sp³-hybridized carbons (Fsp3) is 0.300. The van der Waals surface area contributed by atoms with E-state index in [4.69, 9.17) is 0 Å². The summed E-state index contributed by atoms with van der Waals surface area (Å²) >= 11 is 3.21. The van der Waals surface area contributed by atoms with Crippen molar-refractivity contribution in [1.82, 2.24) is 4.98 Å². The van der Waals surface area contributed by atoms with Crippen LogP contribution in [0.4, 0.5) is 0 Å². The molecular weight excluding hydrogens is 214 g/mol. The molecule has 0 fully saturated rings. The number of hydrogen-bond acceptors (Lipinski definition) is 4. The molecule has 2 heterocycles. The van der Waals surface area contributed by atoms with Gasteiger partial charge in [0.25, 0.3) is 0 Å². The van der Waals surface area contributed by atoms with E-state index in [2.05, 4.69) is 4.98 Å². The molecular formula is C10H11NOS2. The van der Waals surface area contributed by atoms with Crippen LogP contribution >= 0.6 is 22.7 Å². The van der Waals surface area contributed by atoms with Crippen molar-refractivity contribution in [2.45, 2.75) is 19.4 Å². The van der Waals surface area contributed by atoms with Crippen LogP contribution in [0, 0.1) is 6.92 Å². The highest BCUT2D eigenvalue weighted by Crippen LogP contribution is 2.22. The van der Waals surface area contributed by atoms with Gasteiger partial charge in [0.15, 0.2) is 0 Å². The summed E-state index contributed by atoms with van der Waals surface area (Å²) < 4.78 is 0. The lowest BCUT2D eigenvalue weighted by Gasteiger charge is -2.05. The quantitative estimate of drug-likeness (QED) is 0.871. The second kappa shape index (κ2) is 4.21. The summed E-state index contributed by atoms with van der Waals surface area (Å²) in [6, 6.07) is 1.95. The Bertz CT molecular complexity index is 394. The van der Waals surface area contributed by atoms with E-state index >= 15 is 0 Å². The minimum Gasteiger partial charge on any atom is -0.388 e. The molecule has 2 nitrogen and oxygen atoms in total. The summed E-state index contributed by atoms with van der Waals surface area (Å²) in [5.74, 6) is 0. The lowest BCUT2D eigenvalue weighted by Crippen LogP contribution is -1.99. The van der Waals surface area contributed by atoms with Gasteiger partial charge in [-0.2, -0.15) is 11.3 Å². The zero-order chi connectivity index (χ0) is 9.97. The first kappa shape index (κ1) is 9.83. The van der Waals surface area contributed by atoms with Crippen molar-refractivity contribution in [3.63, 3.8) is 0 Å². The van der Waals surface area contributed by atoms with Crippen LogP contribution in [0.15, 0.2) is 22.2 Å².